The number of carbonyl (C=O) groups is 1. The third kappa shape index (κ3) is 5.01. The second kappa shape index (κ2) is 8.31. The van der Waals surface area contributed by atoms with E-state index in [4.69, 9.17) is 23.2 Å². The molecule has 5 nitrogen and oxygen atoms in total. The van der Waals surface area contributed by atoms with E-state index in [1.807, 2.05) is 30.3 Å². The van der Waals surface area contributed by atoms with Crippen LogP contribution in [0.1, 0.15) is 15.9 Å². The minimum atomic E-state index is -3.86. The summed E-state index contributed by atoms with van der Waals surface area (Å²) in [7, 11) is -3.86. The first-order chi connectivity index (χ1) is 12.8. The van der Waals surface area contributed by atoms with Crippen molar-refractivity contribution in [1.82, 2.24) is 5.32 Å². The van der Waals surface area contributed by atoms with E-state index in [0.29, 0.717) is 17.8 Å². The van der Waals surface area contributed by atoms with Gasteiger partial charge in [-0.2, -0.15) is 0 Å². The van der Waals surface area contributed by atoms with E-state index < -0.39 is 10.0 Å². The van der Waals surface area contributed by atoms with Gasteiger partial charge in [-0.05, 0) is 35.9 Å². The van der Waals surface area contributed by atoms with E-state index >= 15 is 0 Å². The molecule has 2 aromatic carbocycles. The van der Waals surface area contributed by atoms with E-state index in [9.17, 15) is 13.2 Å². The number of halogens is 2. The number of carbonyl (C=O) groups excluding carboxylic acids is 1. The molecule has 0 radical (unpaired) electrons. The van der Waals surface area contributed by atoms with Crippen LogP contribution in [0.3, 0.4) is 0 Å². The Hall–Kier alpha value is -2.06. The molecule has 2 N–H and O–H groups in total. The highest BCUT2D eigenvalue weighted by molar-refractivity contribution is 7.93. The van der Waals surface area contributed by atoms with Crippen LogP contribution >= 0.6 is 34.5 Å². The van der Waals surface area contributed by atoms with Crippen molar-refractivity contribution >= 4 is 56.2 Å². The molecular weight excluding hydrogens is 427 g/mol. The van der Waals surface area contributed by atoms with Crippen molar-refractivity contribution in [3.63, 3.8) is 0 Å². The Morgan fingerprint density at radius 2 is 1.67 bits per heavy atom. The Bertz CT molecular complexity index is 1050. The van der Waals surface area contributed by atoms with Crippen molar-refractivity contribution in [2.45, 2.75) is 11.4 Å². The highest BCUT2D eigenvalue weighted by Gasteiger charge is 2.21. The molecule has 0 saturated carbocycles. The highest BCUT2D eigenvalue weighted by Crippen LogP contribution is 2.35. The Morgan fingerprint density at radius 3 is 2.26 bits per heavy atom. The lowest BCUT2D eigenvalue weighted by molar-refractivity contribution is 0.0951. The SMILES string of the molecule is O=C(NCc1ccccc1)c1ccc(NS(=O)(=O)c2cc(Cl)sc2Cl)cc1. The van der Waals surface area contributed by atoms with Gasteiger partial charge in [-0.15, -0.1) is 11.3 Å². The van der Waals surface area contributed by atoms with Crippen LogP contribution in [0.25, 0.3) is 0 Å². The first-order valence-corrected chi connectivity index (χ1v) is 10.8. The fourth-order valence-electron chi connectivity index (χ4n) is 2.29. The van der Waals surface area contributed by atoms with Gasteiger partial charge in [-0.3, -0.25) is 9.52 Å². The minimum Gasteiger partial charge on any atom is -0.348 e. The fourth-order valence-corrected chi connectivity index (χ4v) is 5.50. The van der Waals surface area contributed by atoms with Crippen LogP contribution in [-0.2, 0) is 16.6 Å². The molecule has 0 bridgehead atoms. The first kappa shape index (κ1) is 19.7. The number of sulfonamides is 1. The summed E-state index contributed by atoms with van der Waals surface area (Å²) >= 11 is 12.7. The molecule has 0 saturated heterocycles. The number of thiophene rings is 1. The van der Waals surface area contributed by atoms with Gasteiger partial charge in [-0.1, -0.05) is 53.5 Å². The topological polar surface area (TPSA) is 75.3 Å². The Balaban J connectivity index is 1.66. The molecule has 0 aliphatic carbocycles. The normalized spacial score (nSPS) is 11.2. The summed E-state index contributed by atoms with van der Waals surface area (Å²) in [6.07, 6.45) is 0. The number of benzene rings is 2. The predicted molar refractivity (Wildman–Crippen MR) is 109 cm³/mol. The average Bonchev–Trinajstić information content (AvgIpc) is 3.00. The third-order valence-corrected chi connectivity index (χ3v) is 6.74. The second-order valence-electron chi connectivity index (χ2n) is 5.54. The van der Waals surface area contributed by atoms with Crippen LogP contribution in [0.15, 0.2) is 65.6 Å². The van der Waals surface area contributed by atoms with E-state index in [1.54, 1.807) is 12.1 Å². The number of nitrogens with one attached hydrogen (secondary N) is 2. The van der Waals surface area contributed by atoms with Gasteiger partial charge < -0.3 is 5.32 Å². The van der Waals surface area contributed by atoms with Gasteiger partial charge >= 0.3 is 0 Å². The first-order valence-electron chi connectivity index (χ1n) is 7.75. The fraction of sp³-hybridized carbons (Fsp3) is 0.0556. The van der Waals surface area contributed by atoms with Crippen LogP contribution in [-0.4, -0.2) is 14.3 Å². The number of hydrogen-bond acceptors (Lipinski definition) is 4. The largest absolute Gasteiger partial charge is 0.348 e. The summed E-state index contributed by atoms with van der Waals surface area (Å²) in [6.45, 7) is 0.408. The summed E-state index contributed by atoms with van der Waals surface area (Å²) in [5.74, 6) is -0.249. The zero-order valence-electron chi connectivity index (χ0n) is 13.8. The zero-order chi connectivity index (χ0) is 19.4. The lowest BCUT2D eigenvalue weighted by Crippen LogP contribution is -2.22. The van der Waals surface area contributed by atoms with Crippen LogP contribution in [0, 0.1) is 0 Å². The highest BCUT2D eigenvalue weighted by atomic mass is 35.5. The lowest BCUT2D eigenvalue weighted by atomic mass is 10.2. The molecule has 27 heavy (non-hydrogen) atoms. The smallest absolute Gasteiger partial charge is 0.264 e. The van der Waals surface area contributed by atoms with Crippen molar-refractivity contribution < 1.29 is 13.2 Å². The van der Waals surface area contributed by atoms with Gasteiger partial charge in [0, 0.05) is 17.8 Å². The molecule has 0 unspecified atom stereocenters. The number of rotatable bonds is 6. The van der Waals surface area contributed by atoms with Gasteiger partial charge in [0.25, 0.3) is 15.9 Å². The zero-order valence-corrected chi connectivity index (χ0v) is 16.9. The van der Waals surface area contributed by atoms with Gasteiger partial charge in [-0.25, -0.2) is 8.42 Å². The molecular formula is C18H14Cl2N2O3S2. The van der Waals surface area contributed by atoms with Crippen LogP contribution in [0.2, 0.25) is 8.67 Å². The molecule has 0 fully saturated rings. The Morgan fingerprint density at radius 1 is 1.00 bits per heavy atom. The van der Waals surface area contributed by atoms with E-state index in [1.165, 1.54) is 18.2 Å². The summed E-state index contributed by atoms with van der Waals surface area (Å²) in [4.78, 5) is 12.1. The number of anilines is 1. The quantitative estimate of drug-likeness (QED) is 0.578. The van der Waals surface area contributed by atoms with E-state index in [2.05, 4.69) is 10.0 Å². The summed E-state index contributed by atoms with van der Waals surface area (Å²) in [5.41, 5.74) is 1.72. The van der Waals surface area contributed by atoms with Crippen LogP contribution in [0.4, 0.5) is 5.69 Å². The molecule has 140 valence electrons. The van der Waals surface area contributed by atoms with E-state index in [-0.39, 0.29) is 19.5 Å². The summed E-state index contributed by atoms with van der Waals surface area (Å²) in [6, 6.07) is 16.9. The minimum absolute atomic E-state index is 0.0798. The monoisotopic (exact) mass is 440 g/mol. The maximum Gasteiger partial charge on any atom is 0.264 e. The molecule has 3 aromatic rings. The number of amides is 1. The van der Waals surface area contributed by atoms with Crippen molar-refractivity contribution in [3.8, 4) is 0 Å². The molecule has 0 aliphatic rings. The maximum absolute atomic E-state index is 12.4. The van der Waals surface area contributed by atoms with Crippen LogP contribution < -0.4 is 10.0 Å². The average molecular weight is 441 g/mol. The van der Waals surface area contributed by atoms with Crippen molar-refractivity contribution in [3.05, 3.63) is 80.5 Å². The summed E-state index contributed by atoms with van der Waals surface area (Å²) < 4.78 is 27.6. The Labute approximate surface area is 171 Å². The van der Waals surface area contributed by atoms with Gasteiger partial charge in [0.1, 0.15) is 9.23 Å². The van der Waals surface area contributed by atoms with Gasteiger partial charge in [0.15, 0.2) is 0 Å². The Kier molecular flexibility index (Phi) is 6.06. The molecule has 1 amide bonds. The molecule has 3 rings (SSSR count). The molecule has 0 spiro atoms. The third-order valence-electron chi connectivity index (χ3n) is 3.61. The molecule has 0 aliphatic heterocycles. The maximum atomic E-state index is 12.4. The molecule has 9 heteroatoms. The predicted octanol–water partition coefficient (Wildman–Crippen LogP) is 4.79. The van der Waals surface area contributed by atoms with Crippen molar-refractivity contribution in [2.75, 3.05) is 4.72 Å². The van der Waals surface area contributed by atoms with Crippen molar-refractivity contribution in [2.24, 2.45) is 0 Å². The van der Waals surface area contributed by atoms with Gasteiger partial charge in [0.2, 0.25) is 0 Å². The van der Waals surface area contributed by atoms with Crippen LogP contribution in [0.5, 0.6) is 0 Å². The summed E-state index contributed by atoms with van der Waals surface area (Å²) in [5, 5.41) is 2.81. The van der Waals surface area contributed by atoms with Gasteiger partial charge in [0.05, 0.1) is 4.34 Å². The van der Waals surface area contributed by atoms with Crippen molar-refractivity contribution in [1.29, 1.82) is 0 Å². The number of hydrogen-bond donors (Lipinski definition) is 2. The second-order valence-corrected chi connectivity index (χ2v) is 9.48. The lowest BCUT2D eigenvalue weighted by Gasteiger charge is -2.09. The molecule has 1 heterocycles. The standard InChI is InChI=1S/C18H14Cl2N2O3S2/c19-16-10-15(17(20)26-16)27(24,25)22-14-8-6-13(7-9-14)18(23)21-11-12-4-2-1-3-5-12/h1-10,22H,11H2,(H,21,23). The molecule has 1 aromatic heterocycles. The van der Waals surface area contributed by atoms with E-state index in [0.717, 1.165) is 16.9 Å². The molecule has 0 atom stereocenters.